The molecule has 3 heteroatoms. The standard InChI is InChI=1S/C17H18O3/c1-3-14-9-15(11-18)17(10-16(14)19-2)20-12-13-7-5-4-6-8-13/h4-11H,3,12H2,1-2H3. The Morgan fingerprint density at radius 3 is 2.45 bits per heavy atom. The van der Waals surface area contributed by atoms with E-state index in [1.807, 2.05) is 43.3 Å². The second-order valence-electron chi connectivity index (χ2n) is 4.45. The van der Waals surface area contributed by atoms with E-state index in [9.17, 15) is 4.79 Å². The molecule has 0 heterocycles. The number of methoxy groups -OCH3 is 1. The van der Waals surface area contributed by atoms with Crippen LogP contribution in [0.15, 0.2) is 42.5 Å². The van der Waals surface area contributed by atoms with Crippen molar-refractivity contribution in [2.24, 2.45) is 0 Å². The average molecular weight is 270 g/mol. The number of carbonyl (C=O) groups is 1. The molecule has 0 aliphatic rings. The van der Waals surface area contributed by atoms with Gasteiger partial charge in [-0.1, -0.05) is 37.3 Å². The highest BCUT2D eigenvalue weighted by Crippen LogP contribution is 2.29. The molecule has 0 N–H and O–H groups in total. The van der Waals surface area contributed by atoms with Gasteiger partial charge in [-0.2, -0.15) is 0 Å². The van der Waals surface area contributed by atoms with Gasteiger partial charge in [0.25, 0.3) is 0 Å². The Morgan fingerprint density at radius 2 is 1.85 bits per heavy atom. The van der Waals surface area contributed by atoms with Crippen LogP contribution in [0.1, 0.15) is 28.4 Å². The fourth-order valence-corrected chi connectivity index (χ4v) is 2.04. The van der Waals surface area contributed by atoms with Crippen LogP contribution in [0.2, 0.25) is 0 Å². The first-order valence-electron chi connectivity index (χ1n) is 6.61. The van der Waals surface area contributed by atoms with Crippen LogP contribution in [0, 0.1) is 0 Å². The first-order chi connectivity index (χ1) is 9.78. The molecule has 0 radical (unpaired) electrons. The molecule has 3 nitrogen and oxygen atoms in total. The van der Waals surface area contributed by atoms with Gasteiger partial charge in [-0.15, -0.1) is 0 Å². The molecule has 0 fully saturated rings. The molecule has 2 aromatic carbocycles. The number of hydrogen-bond acceptors (Lipinski definition) is 3. The van der Waals surface area contributed by atoms with Crippen molar-refractivity contribution in [1.82, 2.24) is 0 Å². The van der Waals surface area contributed by atoms with E-state index in [4.69, 9.17) is 9.47 Å². The lowest BCUT2D eigenvalue weighted by Crippen LogP contribution is -2.01. The van der Waals surface area contributed by atoms with Crippen LogP contribution in [-0.2, 0) is 13.0 Å². The van der Waals surface area contributed by atoms with Crippen LogP contribution in [0.4, 0.5) is 0 Å². The first kappa shape index (κ1) is 14.1. The monoisotopic (exact) mass is 270 g/mol. The smallest absolute Gasteiger partial charge is 0.153 e. The molecule has 0 aliphatic carbocycles. The molecule has 20 heavy (non-hydrogen) atoms. The molecular weight excluding hydrogens is 252 g/mol. The van der Waals surface area contributed by atoms with E-state index < -0.39 is 0 Å². The average Bonchev–Trinajstić information content (AvgIpc) is 2.52. The van der Waals surface area contributed by atoms with Crippen molar-refractivity contribution in [1.29, 1.82) is 0 Å². The van der Waals surface area contributed by atoms with Crippen molar-refractivity contribution in [2.45, 2.75) is 20.0 Å². The van der Waals surface area contributed by atoms with E-state index in [1.54, 1.807) is 13.2 Å². The molecule has 0 amide bonds. The van der Waals surface area contributed by atoms with Crippen molar-refractivity contribution in [2.75, 3.05) is 7.11 Å². The molecule has 2 rings (SSSR count). The van der Waals surface area contributed by atoms with Gasteiger partial charge in [-0.25, -0.2) is 0 Å². The second kappa shape index (κ2) is 6.75. The minimum absolute atomic E-state index is 0.427. The minimum Gasteiger partial charge on any atom is -0.496 e. The van der Waals surface area contributed by atoms with E-state index in [-0.39, 0.29) is 0 Å². The molecule has 0 unspecified atom stereocenters. The van der Waals surface area contributed by atoms with Crippen LogP contribution >= 0.6 is 0 Å². The Morgan fingerprint density at radius 1 is 1.10 bits per heavy atom. The maximum atomic E-state index is 11.2. The van der Waals surface area contributed by atoms with Crippen molar-refractivity contribution in [3.63, 3.8) is 0 Å². The lowest BCUT2D eigenvalue weighted by atomic mass is 10.1. The zero-order valence-corrected chi connectivity index (χ0v) is 11.8. The Balaban J connectivity index is 2.24. The van der Waals surface area contributed by atoms with E-state index in [0.717, 1.165) is 29.6 Å². The van der Waals surface area contributed by atoms with Crippen LogP contribution in [0.5, 0.6) is 11.5 Å². The number of rotatable bonds is 6. The molecule has 0 bridgehead atoms. The first-order valence-corrected chi connectivity index (χ1v) is 6.61. The van der Waals surface area contributed by atoms with Gasteiger partial charge in [0.1, 0.15) is 18.1 Å². The third-order valence-corrected chi connectivity index (χ3v) is 3.16. The summed E-state index contributed by atoms with van der Waals surface area (Å²) in [6.45, 7) is 2.45. The van der Waals surface area contributed by atoms with Crippen molar-refractivity contribution in [3.8, 4) is 11.5 Å². The SMILES string of the molecule is CCc1cc(C=O)c(OCc2ccccc2)cc1OC. The number of aldehydes is 1. The van der Waals surface area contributed by atoms with E-state index in [0.29, 0.717) is 17.9 Å². The summed E-state index contributed by atoms with van der Waals surface area (Å²) in [7, 11) is 1.62. The maximum Gasteiger partial charge on any atom is 0.153 e. The van der Waals surface area contributed by atoms with Crippen LogP contribution in [0.3, 0.4) is 0 Å². The van der Waals surface area contributed by atoms with Gasteiger partial charge >= 0.3 is 0 Å². The summed E-state index contributed by atoms with van der Waals surface area (Å²) in [6.07, 6.45) is 1.63. The quantitative estimate of drug-likeness (QED) is 0.752. The Hall–Kier alpha value is -2.29. The summed E-state index contributed by atoms with van der Waals surface area (Å²) in [5, 5.41) is 0. The third-order valence-electron chi connectivity index (χ3n) is 3.16. The zero-order chi connectivity index (χ0) is 14.4. The Labute approximate surface area is 119 Å². The summed E-state index contributed by atoms with van der Waals surface area (Å²) in [5.74, 6) is 1.30. The van der Waals surface area contributed by atoms with E-state index in [1.165, 1.54) is 0 Å². The molecule has 0 saturated heterocycles. The van der Waals surface area contributed by atoms with Crippen molar-refractivity contribution < 1.29 is 14.3 Å². The molecular formula is C17H18O3. The van der Waals surface area contributed by atoms with Gasteiger partial charge in [0.05, 0.1) is 12.7 Å². The molecule has 2 aromatic rings. The van der Waals surface area contributed by atoms with Crippen LogP contribution in [-0.4, -0.2) is 13.4 Å². The fourth-order valence-electron chi connectivity index (χ4n) is 2.04. The largest absolute Gasteiger partial charge is 0.496 e. The molecule has 104 valence electrons. The summed E-state index contributed by atoms with van der Waals surface area (Å²) in [5.41, 5.74) is 2.61. The molecule has 0 atom stereocenters. The predicted molar refractivity (Wildman–Crippen MR) is 78.5 cm³/mol. The summed E-state index contributed by atoms with van der Waals surface area (Å²) < 4.78 is 11.1. The summed E-state index contributed by atoms with van der Waals surface area (Å²) in [6, 6.07) is 13.5. The van der Waals surface area contributed by atoms with Gasteiger partial charge in [0.15, 0.2) is 6.29 Å². The molecule has 0 saturated carbocycles. The predicted octanol–water partition coefficient (Wildman–Crippen LogP) is 3.65. The highest BCUT2D eigenvalue weighted by Gasteiger charge is 2.10. The van der Waals surface area contributed by atoms with Crippen LogP contribution in [0.25, 0.3) is 0 Å². The third kappa shape index (κ3) is 3.18. The second-order valence-corrected chi connectivity index (χ2v) is 4.45. The lowest BCUT2D eigenvalue weighted by Gasteiger charge is -2.13. The lowest BCUT2D eigenvalue weighted by molar-refractivity contribution is 0.111. The Bertz CT molecular complexity index is 576. The highest BCUT2D eigenvalue weighted by molar-refractivity contribution is 5.80. The molecule has 0 aromatic heterocycles. The summed E-state index contributed by atoms with van der Waals surface area (Å²) in [4.78, 5) is 11.2. The van der Waals surface area contributed by atoms with E-state index >= 15 is 0 Å². The zero-order valence-electron chi connectivity index (χ0n) is 11.8. The van der Waals surface area contributed by atoms with E-state index in [2.05, 4.69) is 0 Å². The summed E-state index contributed by atoms with van der Waals surface area (Å²) >= 11 is 0. The number of aryl methyl sites for hydroxylation is 1. The normalized spacial score (nSPS) is 10.1. The van der Waals surface area contributed by atoms with Gasteiger partial charge < -0.3 is 9.47 Å². The number of carbonyl (C=O) groups excluding carboxylic acids is 1. The topological polar surface area (TPSA) is 35.5 Å². The number of hydrogen-bond donors (Lipinski definition) is 0. The molecule has 0 aliphatic heterocycles. The minimum atomic E-state index is 0.427. The molecule has 0 spiro atoms. The Kier molecular flexibility index (Phi) is 4.77. The van der Waals surface area contributed by atoms with Gasteiger partial charge in [0.2, 0.25) is 0 Å². The highest BCUT2D eigenvalue weighted by atomic mass is 16.5. The number of benzene rings is 2. The van der Waals surface area contributed by atoms with Crippen molar-refractivity contribution in [3.05, 3.63) is 59.2 Å². The van der Waals surface area contributed by atoms with Gasteiger partial charge in [-0.05, 0) is 23.6 Å². The van der Waals surface area contributed by atoms with Crippen LogP contribution < -0.4 is 9.47 Å². The van der Waals surface area contributed by atoms with Gasteiger partial charge in [-0.3, -0.25) is 4.79 Å². The van der Waals surface area contributed by atoms with Crippen molar-refractivity contribution >= 4 is 6.29 Å². The fraction of sp³-hybridized carbons (Fsp3) is 0.235. The van der Waals surface area contributed by atoms with Gasteiger partial charge in [0, 0.05) is 6.07 Å². The number of ether oxygens (including phenoxy) is 2. The maximum absolute atomic E-state index is 11.2.